The van der Waals surface area contributed by atoms with Crippen LogP contribution in [0.25, 0.3) is 0 Å². The molecule has 0 saturated carbocycles. The van der Waals surface area contributed by atoms with Crippen LogP contribution in [0.15, 0.2) is 53.6 Å². The molecule has 0 heterocycles. The topological polar surface area (TPSA) is 76.8 Å². The molecule has 22 heavy (non-hydrogen) atoms. The Kier molecular flexibility index (Phi) is 4.97. The first-order valence-corrected chi connectivity index (χ1v) is 6.13. The van der Waals surface area contributed by atoms with Gasteiger partial charge in [0.25, 0.3) is 5.69 Å². The van der Waals surface area contributed by atoms with E-state index in [1.807, 2.05) is 0 Å². The maximum atomic E-state index is 12.1. The molecule has 0 radical (unpaired) electrons. The van der Waals surface area contributed by atoms with Crippen LogP contribution in [-0.2, 0) is 0 Å². The van der Waals surface area contributed by atoms with E-state index in [-0.39, 0.29) is 11.4 Å². The van der Waals surface area contributed by atoms with Crippen LogP contribution in [0.2, 0.25) is 0 Å². The van der Waals surface area contributed by atoms with Crippen LogP contribution in [0.4, 0.5) is 20.2 Å². The third-order valence-corrected chi connectivity index (χ3v) is 2.57. The summed E-state index contributed by atoms with van der Waals surface area (Å²) in [6, 6.07) is 11.7. The number of nitrogens with one attached hydrogen (secondary N) is 1. The second kappa shape index (κ2) is 7.11. The highest BCUT2D eigenvalue weighted by molar-refractivity contribution is 5.80. The second-order valence-electron chi connectivity index (χ2n) is 4.12. The lowest BCUT2D eigenvalue weighted by Gasteiger charge is -2.04. The van der Waals surface area contributed by atoms with Crippen LogP contribution in [0.5, 0.6) is 5.75 Å². The number of hydrazone groups is 1. The Hall–Kier alpha value is -3.03. The smallest absolute Gasteiger partial charge is 0.387 e. The van der Waals surface area contributed by atoms with Crippen molar-refractivity contribution in [1.82, 2.24) is 0 Å². The molecule has 0 saturated heterocycles. The number of hydrogen-bond acceptors (Lipinski definition) is 5. The molecule has 0 aliphatic carbocycles. The van der Waals surface area contributed by atoms with Crippen LogP contribution in [0, 0.1) is 10.1 Å². The van der Waals surface area contributed by atoms with E-state index in [0.717, 1.165) is 0 Å². The van der Waals surface area contributed by atoms with E-state index < -0.39 is 11.5 Å². The molecule has 6 nitrogen and oxygen atoms in total. The summed E-state index contributed by atoms with van der Waals surface area (Å²) < 4.78 is 28.5. The van der Waals surface area contributed by atoms with Crippen molar-refractivity contribution < 1.29 is 18.4 Å². The number of hydrogen-bond donors (Lipinski definition) is 1. The zero-order valence-electron chi connectivity index (χ0n) is 11.1. The Morgan fingerprint density at radius 1 is 1.23 bits per heavy atom. The summed E-state index contributed by atoms with van der Waals surface area (Å²) in [4.78, 5) is 10.0. The molecule has 2 aromatic rings. The third kappa shape index (κ3) is 4.51. The Morgan fingerprint density at radius 3 is 2.59 bits per heavy atom. The quantitative estimate of drug-likeness (QED) is 0.502. The molecule has 0 fully saturated rings. The Labute approximate surface area is 124 Å². The standard InChI is InChI=1S/C14H11F2N3O3/c15-14(16)22-13-3-1-2-10(8-13)9-17-18-11-4-6-12(7-5-11)19(20)21/h1-9,14,18H/b17-9-. The molecule has 0 aromatic heterocycles. The fourth-order valence-corrected chi connectivity index (χ4v) is 1.61. The lowest BCUT2D eigenvalue weighted by atomic mass is 10.2. The summed E-state index contributed by atoms with van der Waals surface area (Å²) >= 11 is 0. The van der Waals surface area contributed by atoms with Gasteiger partial charge in [-0.2, -0.15) is 13.9 Å². The van der Waals surface area contributed by atoms with Gasteiger partial charge in [-0.15, -0.1) is 0 Å². The monoisotopic (exact) mass is 307 g/mol. The van der Waals surface area contributed by atoms with Gasteiger partial charge in [0, 0.05) is 12.1 Å². The number of nitro benzene ring substituents is 1. The molecule has 0 amide bonds. The number of anilines is 1. The molecule has 0 atom stereocenters. The lowest BCUT2D eigenvalue weighted by molar-refractivity contribution is -0.384. The van der Waals surface area contributed by atoms with Crippen molar-refractivity contribution in [3.8, 4) is 5.75 Å². The molecule has 114 valence electrons. The molecule has 0 aliphatic heterocycles. The minimum atomic E-state index is -2.88. The van der Waals surface area contributed by atoms with Gasteiger partial charge in [-0.1, -0.05) is 12.1 Å². The van der Waals surface area contributed by atoms with Crippen LogP contribution in [-0.4, -0.2) is 17.7 Å². The van der Waals surface area contributed by atoms with Crippen molar-refractivity contribution in [2.24, 2.45) is 5.10 Å². The SMILES string of the molecule is O=[N+]([O-])c1ccc(N/N=C\c2cccc(OC(F)F)c2)cc1. The molecule has 1 N–H and O–H groups in total. The summed E-state index contributed by atoms with van der Waals surface area (Å²) in [6.07, 6.45) is 1.42. The fraction of sp³-hybridized carbons (Fsp3) is 0.0714. The van der Waals surface area contributed by atoms with Gasteiger partial charge in [-0.3, -0.25) is 15.5 Å². The minimum absolute atomic E-state index is 0.0219. The molecule has 0 bridgehead atoms. The van der Waals surface area contributed by atoms with Crippen molar-refractivity contribution in [2.45, 2.75) is 6.61 Å². The molecule has 0 spiro atoms. The van der Waals surface area contributed by atoms with Crippen molar-refractivity contribution >= 4 is 17.6 Å². The maximum absolute atomic E-state index is 12.1. The average molecular weight is 307 g/mol. The van der Waals surface area contributed by atoms with E-state index >= 15 is 0 Å². The number of alkyl halides is 2. The highest BCUT2D eigenvalue weighted by atomic mass is 19.3. The number of halogens is 2. The van der Waals surface area contributed by atoms with E-state index in [1.165, 1.54) is 42.6 Å². The van der Waals surface area contributed by atoms with Crippen LogP contribution >= 0.6 is 0 Å². The molecule has 2 rings (SSSR count). The van der Waals surface area contributed by atoms with E-state index in [1.54, 1.807) is 12.1 Å². The van der Waals surface area contributed by atoms with Crippen LogP contribution < -0.4 is 10.2 Å². The predicted octanol–water partition coefficient (Wildman–Crippen LogP) is 3.64. The van der Waals surface area contributed by atoms with E-state index in [9.17, 15) is 18.9 Å². The summed E-state index contributed by atoms with van der Waals surface area (Å²) in [5, 5.41) is 14.4. The Morgan fingerprint density at radius 2 is 1.95 bits per heavy atom. The highest BCUT2D eigenvalue weighted by Crippen LogP contribution is 2.16. The first-order valence-electron chi connectivity index (χ1n) is 6.13. The summed E-state index contributed by atoms with van der Waals surface area (Å²) in [5.74, 6) is 0.0364. The molecular formula is C14H11F2N3O3. The van der Waals surface area contributed by atoms with Crippen molar-refractivity contribution in [3.63, 3.8) is 0 Å². The first-order chi connectivity index (χ1) is 10.5. The van der Waals surface area contributed by atoms with Gasteiger partial charge in [0.1, 0.15) is 5.75 Å². The van der Waals surface area contributed by atoms with E-state index in [4.69, 9.17) is 0 Å². The highest BCUT2D eigenvalue weighted by Gasteiger charge is 2.04. The second-order valence-corrected chi connectivity index (χ2v) is 4.12. The number of nitrogens with zero attached hydrogens (tertiary/aromatic N) is 2. The van der Waals surface area contributed by atoms with Gasteiger partial charge >= 0.3 is 6.61 Å². The van der Waals surface area contributed by atoms with Crippen LogP contribution in [0.3, 0.4) is 0 Å². The van der Waals surface area contributed by atoms with Crippen molar-refractivity contribution in [3.05, 3.63) is 64.2 Å². The van der Waals surface area contributed by atoms with Gasteiger partial charge < -0.3 is 4.74 Å². The normalized spacial score (nSPS) is 10.9. The van der Waals surface area contributed by atoms with Crippen molar-refractivity contribution in [2.75, 3.05) is 5.43 Å². The summed E-state index contributed by atoms with van der Waals surface area (Å²) in [6.45, 7) is -2.88. The summed E-state index contributed by atoms with van der Waals surface area (Å²) in [5.41, 5.74) is 3.78. The van der Waals surface area contributed by atoms with Gasteiger partial charge in [-0.05, 0) is 29.8 Å². The third-order valence-electron chi connectivity index (χ3n) is 2.57. The predicted molar refractivity (Wildman–Crippen MR) is 77.4 cm³/mol. The minimum Gasteiger partial charge on any atom is -0.435 e. The molecule has 0 unspecified atom stereocenters. The zero-order valence-corrected chi connectivity index (χ0v) is 11.1. The number of ether oxygens (including phenoxy) is 1. The number of nitro groups is 1. The Bertz CT molecular complexity index is 675. The van der Waals surface area contributed by atoms with E-state index in [2.05, 4.69) is 15.3 Å². The number of benzene rings is 2. The largest absolute Gasteiger partial charge is 0.435 e. The van der Waals surface area contributed by atoms with Gasteiger partial charge in [0.05, 0.1) is 16.8 Å². The number of non-ortho nitro benzene ring substituents is 1. The summed E-state index contributed by atoms with van der Waals surface area (Å²) in [7, 11) is 0. The molecular weight excluding hydrogens is 296 g/mol. The van der Waals surface area contributed by atoms with Crippen molar-refractivity contribution in [1.29, 1.82) is 0 Å². The fourth-order valence-electron chi connectivity index (χ4n) is 1.61. The number of rotatable bonds is 6. The van der Waals surface area contributed by atoms with Gasteiger partial charge in [0.2, 0.25) is 0 Å². The lowest BCUT2D eigenvalue weighted by Crippen LogP contribution is -2.02. The van der Waals surface area contributed by atoms with E-state index in [0.29, 0.717) is 11.3 Å². The zero-order chi connectivity index (χ0) is 15.9. The van der Waals surface area contributed by atoms with Gasteiger partial charge in [0.15, 0.2) is 0 Å². The van der Waals surface area contributed by atoms with Gasteiger partial charge in [-0.25, -0.2) is 0 Å². The average Bonchev–Trinajstić information content (AvgIpc) is 2.47. The molecule has 8 heteroatoms. The first kappa shape index (κ1) is 15.4. The Balaban J connectivity index is 1.98. The van der Waals surface area contributed by atoms with Crippen LogP contribution in [0.1, 0.15) is 5.56 Å². The molecule has 2 aromatic carbocycles. The maximum Gasteiger partial charge on any atom is 0.387 e. The molecule has 0 aliphatic rings.